The maximum absolute atomic E-state index is 9.23. The lowest BCUT2D eigenvalue weighted by atomic mass is 10.2. The topological polar surface area (TPSA) is 64.7 Å². The van der Waals surface area contributed by atoms with E-state index in [1.165, 1.54) is 0 Å². The molecule has 0 radical (unpaired) electrons. The van der Waals surface area contributed by atoms with E-state index >= 15 is 0 Å². The normalized spacial score (nSPS) is 10.4. The number of ether oxygens (including phenoxy) is 2. The zero-order valence-electron chi connectivity index (χ0n) is 10.3. The van der Waals surface area contributed by atoms with Crippen molar-refractivity contribution in [2.45, 2.75) is 20.1 Å². The largest absolute Gasteiger partial charge is 0.497 e. The molecule has 0 unspecified atom stereocenters. The number of nitrogens with zero attached hydrogens (tertiary/aromatic N) is 1. The quantitative estimate of drug-likeness (QED) is 0.878. The number of aromatic nitrogens is 1. The first-order chi connectivity index (χ1) is 8.72. The predicted molar refractivity (Wildman–Crippen MR) is 64.5 cm³/mol. The summed E-state index contributed by atoms with van der Waals surface area (Å²) in [6.45, 7) is 2.02. The number of hydrogen-bond acceptors (Lipinski definition) is 5. The average molecular weight is 249 g/mol. The molecule has 1 N–H and O–H groups in total. The van der Waals surface area contributed by atoms with Gasteiger partial charge in [-0.25, -0.2) is 0 Å². The maximum atomic E-state index is 9.23. The van der Waals surface area contributed by atoms with Crippen molar-refractivity contribution in [2.75, 3.05) is 7.11 Å². The lowest BCUT2D eigenvalue weighted by Crippen LogP contribution is -1.99. The van der Waals surface area contributed by atoms with Crippen molar-refractivity contribution in [1.29, 1.82) is 0 Å². The van der Waals surface area contributed by atoms with Gasteiger partial charge in [0.25, 0.3) is 0 Å². The smallest absolute Gasteiger partial charge is 0.134 e. The van der Waals surface area contributed by atoms with Crippen LogP contribution in [0.2, 0.25) is 0 Å². The summed E-state index contributed by atoms with van der Waals surface area (Å²) in [6, 6.07) is 7.08. The number of aliphatic hydroxyl groups excluding tert-OH is 1. The Morgan fingerprint density at radius 3 is 2.78 bits per heavy atom. The molecule has 1 aromatic carbocycles. The van der Waals surface area contributed by atoms with Crippen LogP contribution in [0.25, 0.3) is 0 Å². The van der Waals surface area contributed by atoms with Crippen molar-refractivity contribution in [3.8, 4) is 11.5 Å². The van der Waals surface area contributed by atoms with Gasteiger partial charge in [0.15, 0.2) is 0 Å². The predicted octanol–water partition coefficient (Wildman–Crippen LogP) is 2.06. The van der Waals surface area contributed by atoms with Gasteiger partial charge in [-0.2, -0.15) is 0 Å². The fourth-order valence-corrected chi connectivity index (χ4v) is 1.56. The molecule has 18 heavy (non-hydrogen) atoms. The number of hydrogen-bond donors (Lipinski definition) is 1. The Morgan fingerprint density at radius 1 is 1.33 bits per heavy atom. The summed E-state index contributed by atoms with van der Waals surface area (Å²) in [5, 5.41) is 13.1. The number of aliphatic hydroxyl groups is 1. The van der Waals surface area contributed by atoms with Crippen LogP contribution in [0.1, 0.15) is 17.0 Å². The van der Waals surface area contributed by atoms with Crippen molar-refractivity contribution >= 4 is 0 Å². The van der Waals surface area contributed by atoms with Gasteiger partial charge in [0, 0.05) is 17.7 Å². The Labute approximate surface area is 105 Å². The van der Waals surface area contributed by atoms with E-state index in [1.807, 2.05) is 6.92 Å². The van der Waals surface area contributed by atoms with Crippen molar-refractivity contribution in [3.05, 3.63) is 41.3 Å². The van der Waals surface area contributed by atoms with Gasteiger partial charge in [0.2, 0.25) is 0 Å². The van der Waals surface area contributed by atoms with Crippen LogP contribution >= 0.6 is 0 Å². The maximum Gasteiger partial charge on any atom is 0.134 e. The van der Waals surface area contributed by atoms with Gasteiger partial charge >= 0.3 is 0 Å². The molecule has 0 bridgehead atoms. The van der Waals surface area contributed by atoms with Gasteiger partial charge in [-0.05, 0) is 19.1 Å². The number of rotatable bonds is 5. The second-order valence-corrected chi connectivity index (χ2v) is 3.85. The standard InChI is InChI=1S/C13H15NO4/c1-9-5-11(14-18-9)8-17-13-6-12(16-2)4-3-10(13)7-15/h3-6,15H,7-8H2,1-2H3. The van der Waals surface area contributed by atoms with Crippen molar-refractivity contribution in [3.63, 3.8) is 0 Å². The molecule has 5 nitrogen and oxygen atoms in total. The van der Waals surface area contributed by atoms with E-state index in [2.05, 4.69) is 5.16 Å². The Morgan fingerprint density at radius 2 is 2.17 bits per heavy atom. The zero-order valence-corrected chi connectivity index (χ0v) is 10.3. The summed E-state index contributed by atoms with van der Waals surface area (Å²) < 4.78 is 15.7. The SMILES string of the molecule is COc1ccc(CO)c(OCc2cc(C)on2)c1. The van der Waals surface area contributed by atoms with Crippen LogP contribution in [0.3, 0.4) is 0 Å². The molecule has 0 aliphatic carbocycles. The highest BCUT2D eigenvalue weighted by Crippen LogP contribution is 2.25. The summed E-state index contributed by atoms with van der Waals surface area (Å²) in [5.41, 5.74) is 1.41. The van der Waals surface area contributed by atoms with Gasteiger partial charge in [0.05, 0.1) is 13.7 Å². The minimum absolute atomic E-state index is 0.0861. The van der Waals surface area contributed by atoms with Gasteiger partial charge in [0.1, 0.15) is 29.6 Å². The van der Waals surface area contributed by atoms with E-state index < -0.39 is 0 Å². The molecule has 0 fully saturated rings. The van der Waals surface area contributed by atoms with E-state index in [0.29, 0.717) is 22.8 Å². The number of aryl methyl sites for hydroxylation is 1. The Kier molecular flexibility index (Phi) is 3.84. The highest BCUT2D eigenvalue weighted by Gasteiger charge is 2.07. The molecule has 2 rings (SSSR count). The van der Waals surface area contributed by atoms with Crippen LogP contribution in [0.15, 0.2) is 28.8 Å². The number of benzene rings is 1. The molecular weight excluding hydrogens is 234 g/mol. The van der Waals surface area contributed by atoms with Crippen molar-refractivity contribution in [1.82, 2.24) is 5.16 Å². The van der Waals surface area contributed by atoms with Gasteiger partial charge < -0.3 is 19.1 Å². The molecule has 0 saturated heterocycles. The molecule has 0 spiro atoms. The first-order valence-corrected chi connectivity index (χ1v) is 5.55. The van der Waals surface area contributed by atoms with E-state index in [9.17, 15) is 5.11 Å². The summed E-state index contributed by atoms with van der Waals surface area (Å²) in [5.74, 6) is 2.00. The Hall–Kier alpha value is -2.01. The van der Waals surface area contributed by atoms with Gasteiger partial charge in [-0.3, -0.25) is 0 Å². The molecule has 5 heteroatoms. The summed E-state index contributed by atoms with van der Waals surface area (Å²) in [7, 11) is 1.58. The van der Waals surface area contributed by atoms with Crippen molar-refractivity contribution in [2.24, 2.45) is 0 Å². The van der Waals surface area contributed by atoms with Crippen LogP contribution in [-0.2, 0) is 13.2 Å². The van der Waals surface area contributed by atoms with Crippen molar-refractivity contribution < 1.29 is 19.1 Å². The Bertz CT molecular complexity index is 521. The van der Waals surface area contributed by atoms with Crippen LogP contribution in [0.5, 0.6) is 11.5 Å². The van der Waals surface area contributed by atoms with Crippen LogP contribution in [0, 0.1) is 6.92 Å². The molecule has 0 aliphatic rings. The fraction of sp³-hybridized carbons (Fsp3) is 0.308. The summed E-state index contributed by atoms with van der Waals surface area (Å²) in [6.07, 6.45) is 0. The summed E-state index contributed by atoms with van der Waals surface area (Å²) >= 11 is 0. The third-order valence-electron chi connectivity index (χ3n) is 2.50. The fourth-order valence-electron chi connectivity index (χ4n) is 1.56. The molecule has 1 heterocycles. The molecule has 96 valence electrons. The highest BCUT2D eigenvalue weighted by atomic mass is 16.5. The molecule has 2 aromatic rings. The molecule has 1 aromatic heterocycles. The lowest BCUT2D eigenvalue weighted by Gasteiger charge is -2.10. The van der Waals surface area contributed by atoms with E-state index in [4.69, 9.17) is 14.0 Å². The van der Waals surface area contributed by atoms with E-state index in [-0.39, 0.29) is 13.2 Å². The molecule has 0 atom stereocenters. The third kappa shape index (κ3) is 2.81. The average Bonchev–Trinajstić information content (AvgIpc) is 2.81. The van der Waals surface area contributed by atoms with E-state index in [0.717, 1.165) is 5.76 Å². The first kappa shape index (κ1) is 12.4. The van der Waals surface area contributed by atoms with Crippen LogP contribution in [0.4, 0.5) is 0 Å². The molecule has 0 aliphatic heterocycles. The summed E-state index contributed by atoms with van der Waals surface area (Å²) in [4.78, 5) is 0. The first-order valence-electron chi connectivity index (χ1n) is 5.55. The molecule has 0 amide bonds. The van der Waals surface area contributed by atoms with Gasteiger partial charge in [-0.15, -0.1) is 0 Å². The zero-order chi connectivity index (χ0) is 13.0. The Balaban J connectivity index is 2.11. The minimum atomic E-state index is -0.0861. The highest BCUT2D eigenvalue weighted by molar-refractivity contribution is 5.40. The van der Waals surface area contributed by atoms with Gasteiger partial charge in [-0.1, -0.05) is 5.16 Å². The van der Waals surface area contributed by atoms with Crippen LogP contribution in [-0.4, -0.2) is 17.4 Å². The lowest BCUT2D eigenvalue weighted by molar-refractivity contribution is 0.253. The number of methoxy groups -OCH3 is 1. The molecular formula is C13H15NO4. The molecule has 0 saturated carbocycles. The minimum Gasteiger partial charge on any atom is -0.497 e. The van der Waals surface area contributed by atoms with E-state index in [1.54, 1.807) is 31.4 Å². The third-order valence-corrected chi connectivity index (χ3v) is 2.50. The monoisotopic (exact) mass is 249 g/mol. The van der Waals surface area contributed by atoms with Crippen LogP contribution < -0.4 is 9.47 Å². The second kappa shape index (κ2) is 5.55. The second-order valence-electron chi connectivity index (χ2n) is 3.85.